The molecule has 0 atom stereocenters. The van der Waals surface area contributed by atoms with Gasteiger partial charge in [0.15, 0.2) is 0 Å². The number of piperidine rings is 1. The number of H-pyrrole nitrogens is 1. The maximum atomic E-state index is 12.4. The number of hydrogen-bond acceptors (Lipinski definition) is 4. The highest BCUT2D eigenvalue weighted by molar-refractivity contribution is 9.10. The number of nitrogens with one attached hydrogen (secondary N) is 1. The maximum Gasteiger partial charge on any atom is 0.271 e. The maximum absolute atomic E-state index is 12.4. The minimum Gasteiger partial charge on any atom is -0.341 e. The number of hydrogen-bond donors (Lipinski definition) is 1. The fraction of sp³-hybridized carbons (Fsp3) is 0.350. The van der Waals surface area contributed by atoms with Crippen molar-refractivity contribution in [3.63, 3.8) is 0 Å². The third-order valence-electron chi connectivity index (χ3n) is 5.13. The van der Waals surface area contributed by atoms with Gasteiger partial charge in [-0.25, -0.2) is 14.6 Å². The lowest BCUT2D eigenvalue weighted by atomic mass is 10.00. The van der Waals surface area contributed by atoms with Gasteiger partial charge in [0, 0.05) is 35.4 Å². The predicted molar refractivity (Wildman–Crippen MR) is 110 cm³/mol. The molecule has 2 aromatic heterocycles. The number of benzene rings is 1. The highest BCUT2D eigenvalue weighted by Gasteiger charge is 2.19. The Balaban J connectivity index is 1.63. The lowest BCUT2D eigenvalue weighted by Crippen LogP contribution is -2.34. The van der Waals surface area contributed by atoms with Gasteiger partial charge in [-0.05, 0) is 49.9 Å². The first-order valence-electron chi connectivity index (χ1n) is 9.18. The van der Waals surface area contributed by atoms with Crippen LogP contribution in [0, 0.1) is 12.8 Å². The largest absolute Gasteiger partial charge is 0.341 e. The van der Waals surface area contributed by atoms with Crippen LogP contribution < -0.4 is 10.5 Å². The van der Waals surface area contributed by atoms with E-state index in [1.165, 1.54) is 17.5 Å². The highest BCUT2D eigenvalue weighted by Crippen LogP contribution is 2.24. The van der Waals surface area contributed by atoms with Crippen LogP contribution in [-0.4, -0.2) is 32.8 Å². The molecule has 0 amide bonds. The van der Waals surface area contributed by atoms with Gasteiger partial charge in [0.05, 0.1) is 17.1 Å². The standard InChI is InChI=1S/C20H22BrN5O/c1-13-7-9-25(10-8-13)20-22-12-17(14(2)23-20)18-11-19(27)26(24-18)16-5-3-15(21)4-6-16/h3-6,11-13,24H,7-10H2,1-2H3. The summed E-state index contributed by atoms with van der Waals surface area (Å²) in [6.45, 7) is 6.24. The topological polar surface area (TPSA) is 66.8 Å². The van der Waals surface area contributed by atoms with Gasteiger partial charge < -0.3 is 4.90 Å². The summed E-state index contributed by atoms with van der Waals surface area (Å²) < 4.78 is 2.50. The minimum absolute atomic E-state index is 0.110. The van der Waals surface area contributed by atoms with Crippen LogP contribution in [0.1, 0.15) is 25.5 Å². The number of aryl methyl sites for hydroxylation is 1. The molecule has 0 saturated carbocycles. The fourth-order valence-corrected chi connectivity index (χ4v) is 3.66. The van der Waals surface area contributed by atoms with E-state index in [0.29, 0.717) is 0 Å². The zero-order chi connectivity index (χ0) is 19.0. The molecule has 6 nitrogen and oxygen atoms in total. The van der Waals surface area contributed by atoms with Gasteiger partial charge in [-0.15, -0.1) is 0 Å². The zero-order valence-corrected chi connectivity index (χ0v) is 17.0. The Morgan fingerprint density at radius 2 is 1.89 bits per heavy atom. The molecule has 0 bridgehead atoms. The number of rotatable bonds is 3. The van der Waals surface area contributed by atoms with E-state index in [2.05, 4.69) is 37.8 Å². The summed E-state index contributed by atoms with van der Waals surface area (Å²) in [6.07, 6.45) is 4.16. The van der Waals surface area contributed by atoms with Gasteiger partial charge in [0.2, 0.25) is 5.95 Å². The van der Waals surface area contributed by atoms with Crippen molar-refractivity contribution in [2.45, 2.75) is 26.7 Å². The van der Waals surface area contributed by atoms with Crippen LogP contribution in [0.15, 0.2) is 45.8 Å². The summed E-state index contributed by atoms with van der Waals surface area (Å²) in [7, 11) is 0. The van der Waals surface area contributed by atoms with Crippen molar-refractivity contribution in [1.29, 1.82) is 0 Å². The van der Waals surface area contributed by atoms with Crippen molar-refractivity contribution < 1.29 is 0 Å². The highest BCUT2D eigenvalue weighted by atomic mass is 79.9. The normalized spacial score (nSPS) is 15.3. The van der Waals surface area contributed by atoms with Crippen molar-refractivity contribution in [3.8, 4) is 16.9 Å². The quantitative estimate of drug-likeness (QED) is 0.687. The second kappa shape index (κ2) is 7.31. The number of aromatic amines is 1. The van der Waals surface area contributed by atoms with Crippen molar-refractivity contribution in [2.75, 3.05) is 18.0 Å². The Morgan fingerprint density at radius 3 is 2.56 bits per heavy atom. The molecule has 0 aliphatic carbocycles. The van der Waals surface area contributed by atoms with Crippen molar-refractivity contribution in [2.24, 2.45) is 5.92 Å². The second-order valence-electron chi connectivity index (χ2n) is 7.16. The van der Waals surface area contributed by atoms with E-state index in [1.54, 1.807) is 6.07 Å². The molecule has 3 heterocycles. The molecular formula is C20H22BrN5O. The van der Waals surface area contributed by atoms with Crippen LogP contribution in [0.25, 0.3) is 16.9 Å². The summed E-state index contributed by atoms with van der Waals surface area (Å²) in [6, 6.07) is 9.18. The third kappa shape index (κ3) is 3.69. The number of anilines is 1. The number of halogens is 1. The molecule has 4 rings (SSSR count). The lowest BCUT2D eigenvalue weighted by molar-refractivity contribution is 0.434. The molecule has 7 heteroatoms. The molecule has 140 valence electrons. The van der Waals surface area contributed by atoms with Crippen molar-refractivity contribution in [1.82, 2.24) is 19.7 Å². The average molecular weight is 428 g/mol. The van der Waals surface area contributed by atoms with Crippen molar-refractivity contribution >= 4 is 21.9 Å². The first kappa shape index (κ1) is 18.0. The van der Waals surface area contributed by atoms with Crippen molar-refractivity contribution in [3.05, 3.63) is 57.0 Å². The predicted octanol–water partition coefficient (Wildman–Crippen LogP) is 3.93. The van der Waals surface area contributed by atoms with E-state index in [9.17, 15) is 4.79 Å². The van der Waals surface area contributed by atoms with E-state index in [4.69, 9.17) is 4.98 Å². The summed E-state index contributed by atoms with van der Waals surface area (Å²) in [5, 5.41) is 3.17. The van der Waals surface area contributed by atoms with E-state index < -0.39 is 0 Å². The SMILES string of the molecule is Cc1nc(N2CCC(C)CC2)ncc1-c1cc(=O)n(-c2ccc(Br)cc2)[nH]1. The summed E-state index contributed by atoms with van der Waals surface area (Å²) in [4.78, 5) is 23.9. The molecule has 1 N–H and O–H groups in total. The van der Waals surface area contributed by atoms with Crippen LogP contribution in [0.3, 0.4) is 0 Å². The Hall–Kier alpha value is -2.41. The lowest BCUT2D eigenvalue weighted by Gasteiger charge is -2.30. The molecule has 27 heavy (non-hydrogen) atoms. The molecule has 1 fully saturated rings. The molecule has 1 aliphatic rings. The monoisotopic (exact) mass is 427 g/mol. The van der Waals surface area contributed by atoms with E-state index in [1.807, 2.05) is 37.4 Å². The molecule has 3 aromatic rings. The van der Waals surface area contributed by atoms with Crippen LogP contribution >= 0.6 is 15.9 Å². The Kier molecular flexibility index (Phi) is 4.86. The average Bonchev–Trinajstić information content (AvgIpc) is 3.04. The second-order valence-corrected chi connectivity index (χ2v) is 8.07. The Bertz CT molecular complexity index is 1000. The summed E-state index contributed by atoms with van der Waals surface area (Å²) in [5.41, 5.74) is 3.10. The summed E-state index contributed by atoms with van der Waals surface area (Å²) in [5.74, 6) is 1.54. The first-order chi connectivity index (χ1) is 13.0. The first-order valence-corrected chi connectivity index (χ1v) is 9.97. The molecular weight excluding hydrogens is 406 g/mol. The van der Waals surface area contributed by atoms with Gasteiger partial charge in [-0.1, -0.05) is 22.9 Å². The minimum atomic E-state index is -0.110. The van der Waals surface area contributed by atoms with Crippen LogP contribution in [0.2, 0.25) is 0 Å². The molecule has 0 radical (unpaired) electrons. The smallest absolute Gasteiger partial charge is 0.271 e. The third-order valence-corrected chi connectivity index (χ3v) is 5.66. The van der Waals surface area contributed by atoms with Gasteiger partial charge >= 0.3 is 0 Å². The van der Waals surface area contributed by atoms with Gasteiger partial charge in [0.25, 0.3) is 5.56 Å². The van der Waals surface area contributed by atoms with E-state index in [0.717, 1.165) is 52.1 Å². The summed E-state index contributed by atoms with van der Waals surface area (Å²) >= 11 is 3.41. The van der Waals surface area contributed by atoms with Crippen LogP contribution in [0.4, 0.5) is 5.95 Å². The number of nitrogens with zero attached hydrogens (tertiary/aromatic N) is 4. The van der Waals surface area contributed by atoms with E-state index >= 15 is 0 Å². The molecule has 1 aromatic carbocycles. The number of aromatic nitrogens is 4. The molecule has 1 aliphatic heterocycles. The van der Waals surface area contributed by atoms with Crippen LogP contribution in [0.5, 0.6) is 0 Å². The van der Waals surface area contributed by atoms with Gasteiger partial charge in [0.1, 0.15) is 0 Å². The van der Waals surface area contributed by atoms with E-state index in [-0.39, 0.29) is 5.56 Å². The zero-order valence-electron chi connectivity index (χ0n) is 15.4. The van der Waals surface area contributed by atoms with Gasteiger partial charge in [-0.2, -0.15) is 0 Å². The molecule has 0 spiro atoms. The Labute approximate surface area is 166 Å². The Morgan fingerprint density at radius 1 is 1.19 bits per heavy atom. The van der Waals surface area contributed by atoms with Gasteiger partial charge in [-0.3, -0.25) is 9.89 Å². The fourth-order valence-electron chi connectivity index (χ4n) is 3.40. The molecule has 0 unspecified atom stereocenters. The van der Waals surface area contributed by atoms with Crippen LogP contribution in [-0.2, 0) is 0 Å². The molecule has 1 saturated heterocycles.